The highest BCUT2D eigenvalue weighted by Gasteiger charge is 2.30. The van der Waals surface area contributed by atoms with Crippen LogP contribution in [0.1, 0.15) is 65.8 Å². The minimum absolute atomic E-state index is 0.0132. The first-order valence-corrected chi connectivity index (χ1v) is 12.9. The highest BCUT2D eigenvalue weighted by atomic mass is 15.2. The second-order valence-corrected chi connectivity index (χ2v) is 12.0. The average molecular weight is 465 g/mol. The van der Waals surface area contributed by atoms with Crippen molar-refractivity contribution in [2.24, 2.45) is 0 Å². The third-order valence-corrected chi connectivity index (χ3v) is 7.68. The lowest BCUT2D eigenvalue weighted by Gasteiger charge is -2.40. The van der Waals surface area contributed by atoms with Crippen LogP contribution in [0.3, 0.4) is 0 Å². The van der Waals surface area contributed by atoms with E-state index in [4.69, 9.17) is 9.97 Å². The van der Waals surface area contributed by atoms with Crippen molar-refractivity contribution in [1.29, 1.82) is 0 Å². The van der Waals surface area contributed by atoms with Crippen LogP contribution in [-0.4, -0.2) is 61.3 Å². The number of pyridine rings is 2. The van der Waals surface area contributed by atoms with Gasteiger partial charge in [0.2, 0.25) is 0 Å². The third kappa shape index (κ3) is 5.89. The van der Waals surface area contributed by atoms with E-state index in [0.717, 1.165) is 58.7 Å². The fourth-order valence-electron chi connectivity index (χ4n) is 5.11. The number of nitrogens with zero attached hydrogens (tertiary/aromatic N) is 4. The van der Waals surface area contributed by atoms with E-state index in [0.29, 0.717) is 0 Å². The van der Waals surface area contributed by atoms with Crippen LogP contribution >= 0.6 is 0 Å². The van der Waals surface area contributed by atoms with Gasteiger partial charge >= 0.3 is 0 Å². The Balaban J connectivity index is 1.37. The molecule has 0 radical (unpaired) electrons. The van der Waals surface area contributed by atoms with Gasteiger partial charge in [-0.2, -0.15) is 0 Å². The molecule has 6 nitrogen and oxygen atoms in total. The number of rotatable bonds is 7. The van der Waals surface area contributed by atoms with Crippen molar-refractivity contribution in [3.05, 3.63) is 48.0 Å². The predicted molar refractivity (Wildman–Crippen MR) is 143 cm³/mol. The first-order chi connectivity index (χ1) is 16.1. The number of hydrogen-bond donors (Lipinski definition) is 2. The molecule has 0 spiro atoms. The summed E-state index contributed by atoms with van der Waals surface area (Å²) in [6, 6.07) is 8.97. The van der Waals surface area contributed by atoms with Crippen molar-refractivity contribution >= 4 is 11.4 Å². The first kappa shape index (κ1) is 24.9. The van der Waals surface area contributed by atoms with E-state index in [9.17, 15) is 0 Å². The highest BCUT2D eigenvalue weighted by Crippen LogP contribution is 2.35. The van der Waals surface area contributed by atoms with Crippen molar-refractivity contribution in [3.63, 3.8) is 0 Å². The molecular formula is C28H44N6. The van der Waals surface area contributed by atoms with E-state index in [2.05, 4.69) is 98.6 Å². The van der Waals surface area contributed by atoms with Crippen LogP contribution in [0.25, 0.3) is 0 Å². The molecule has 2 aromatic rings. The van der Waals surface area contributed by atoms with Gasteiger partial charge in [-0.15, -0.1) is 0 Å². The fraction of sp³-hybridized carbons (Fsp3) is 0.643. The van der Waals surface area contributed by atoms with Gasteiger partial charge in [-0.05, 0) is 51.0 Å². The van der Waals surface area contributed by atoms with Gasteiger partial charge in [-0.1, -0.05) is 27.7 Å². The van der Waals surface area contributed by atoms with Crippen LogP contribution < -0.4 is 20.4 Å². The lowest BCUT2D eigenvalue weighted by molar-refractivity contribution is 0.352. The number of nitrogens with one attached hydrogen (secondary N) is 2. The van der Waals surface area contributed by atoms with Gasteiger partial charge in [0.05, 0.1) is 23.8 Å². The van der Waals surface area contributed by atoms with Gasteiger partial charge in [0.25, 0.3) is 0 Å². The Morgan fingerprint density at radius 3 is 1.74 bits per heavy atom. The molecule has 186 valence electrons. The second kappa shape index (κ2) is 9.82. The molecule has 0 saturated carbocycles. The van der Waals surface area contributed by atoms with Gasteiger partial charge in [-0.3, -0.25) is 9.97 Å². The molecule has 0 aromatic carbocycles. The van der Waals surface area contributed by atoms with Crippen molar-refractivity contribution < 1.29 is 0 Å². The second-order valence-electron chi connectivity index (χ2n) is 12.0. The van der Waals surface area contributed by atoms with E-state index < -0.39 is 0 Å². The summed E-state index contributed by atoms with van der Waals surface area (Å²) in [5, 5.41) is 7.00. The van der Waals surface area contributed by atoms with Gasteiger partial charge in [-0.25, -0.2) is 0 Å². The van der Waals surface area contributed by atoms with Crippen molar-refractivity contribution in [2.75, 3.05) is 55.6 Å². The maximum absolute atomic E-state index is 4.92. The molecule has 4 heterocycles. The molecule has 0 unspecified atom stereocenters. The molecule has 0 bridgehead atoms. The molecular weight excluding hydrogens is 420 g/mol. The molecule has 2 N–H and O–H groups in total. The van der Waals surface area contributed by atoms with Crippen LogP contribution in [0, 0.1) is 0 Å². The summed E-state index contributed by atoms with van der Waals surface area (Å²) in [6.45, 7) is 21.0. The van der Waals surface area contributed by atoms with Crippen LogP contribution in [0.15, 0.2) is 36.7 Å². The molecule has 2 fully saturated rings. The van der Waals surface area contributed by atoms with E-state index in [-0.39, 0.29) is 16.4 Å². The maximum atomic E-state index is 4.92. The fourth-order valence-corrected chi connectivity index (χ4v) is 5.11. The molecule has 2 aromatic heterocycles. The van der Waals surface area contributed by atoms with Crippen molar-refractivity contribution in [3.8, 4) is 0 Å². The summed E-state index contributed by atoms with van der Waals surface area (Å²) >= 11 is 0. The Morgan fingerprint density at radius 1 is 0.765 bits per heavy atom. The lowest BCUT2D eigenvalue weighted by Crippen LogP contribution is -2.57. The summed E-state index contributed by atoms with van der Waals surface area (Å²) in [6.07, 6.45) is 6.26. The quantitative estimate of drug-likeness (QED) is 0.643. The molecule has 0 amide bonds. The normalized spacial score (nSPS) is 19.4. The Labute approximate surface area is 206 Å². The van der Waals surface area contributed by atoms with Gasteiger partial charge < -0.3 is 20.4 Å². The molecule has 2 aliphatic heterocycles. The van der Waals surface area contributed by atoms with E-state index >= 15 is 0 Å². The predicted octanol–water partition coefficient (Wildman–Crippen LogP) is 4.11. The smallest absolute Gasteiger partial charge is 0.0554 e. The van der Waals surface area contributed by atoms with Gasteiger partial charge in [0.1, 0.15) is 0 Å². The third-order valence-electron chi connectivity index (χ3n) is 7.68. The topological polar surface area (TPSA) is 56.3 Å². The SMILES string of the molecule is CC1(C)CN(c2ccc(C(C)(C)CCC(C)(C)c3ccc(N4CCNCC4)cn3)nc2)CCN1. The van der Waals surface area contributed by atoms with E-state index in [1.54, 1.807) is 0 Å². The van der Waals surface area contributed by atoms with E-state index in [1.807, 2.05) is 0 Å². The first-order valence-electron chi connectivity index (χ1n) is 12.9. The summed E-state index contributed by atoms with van der Waals surface area (Å²) in [4.78, 5) is 14.7. The number of aromatic nitrogens is 2. The zero-order chi connectivity index (χ0) is 24.4. The summed E-state index contributed by atoms with van der Waals surface area (Å²) in [5.41, 5.74) is 4.97. The minimum Gasteiger partial charge on any atom is -0.368 e. The summed E-state index contributed by atoms with van der Waals surface area (Å²) in [5.74, 6) is 0. The molecule has 6 heteroatoms. The molecule has 4 rings (SSSR count). The largest absolute Gasteiger partial charge is 0.368 e. The lowest BCUT2D eigenvalue weighted by atomic mass is 9.75. The van der Waals surface area contributed by atoms with Gasteiger partial charge in [0.15, 0.2) is 0 Å². The van der Waals surface area contributed by atoms with Gasteiger partial charge in [0, 0.05) is 73.6 Å². The maximum Gasteiger partial charge on any atom is 0.0554 e. The Bertz CT molecular complexity index is 926. The molecule has 0 atom stereocenters. The van der Waals surface area contributed by atoms with Crippen LogP contribution in [0.4, 0.5) is 11.4 Å². The number of piperazine rings is 2. The van der Waals surface area contributed by atoms with Crippen LogP contribution in [0.2, 0.25) is 0 Å². The van der Waals surface area contributed by atoms with E-state index in [1.165, 1.54) is 22.8 Å². The Kier molecular flexibility index (Phi) is 7.20. The Morgan fingerprint density at radius 2 is 1.26 bits per heavy atom. The van der Waals surface area contributed by atoms with Crippen LogP contribution in [-0.2, 0) is 10.8 Å². The molecule has 2 saturated heterocycles. The van der Waals surface area contributed by atoms with Crippen molar-refractivity contribution in [2.45, 2.75) is 70.8 Å². The van der Waals surface area contributed by atoms with Crippen LogP contribution in [0.5, 0.6) is 0 Å². The summed E-state index contributed by atoms with van der Waals surface area (Å²) in [7, 11) is 0. The highest BCUT2D eigenvalue weighted by molar-refractivity contribution is 5.47. The summed E-state index contributed by atoms with van der Waals surface area (Å²) < 4.78 is 0. The van der Waals surface area contributed by atoms with Crippen molar-refractivity contribution in [1.82, 2.24) is 20.6 Å². The molecule has 34 heavy (non-hydrogen) atoms. The average Bonchev–Trinajstić information content (AvgIpc) is 2.83. The number of anilines is 2. The monoisotopic (exact) mass is 464 g/mol. The zero-order valence-corrected chi connectivity index (χ0v) is 22.1. The number of hydrogen-bond acceptors (Lipinski definition) is 6. The molecule has 2 aliphatic rings. The molecule has 0 aliphatic carbocycles. The standard InChI is InChI=1S/C28H44N6/c1-26(2,24-9-7-22(19-30-24)33-16-13-29-14-17-33)11-12-27(3,4)25-10-8-23(20-31-25)34-18-15-32-28(5,6)21-34/h7-10,19-20,29,32H,11-18,21H2,1-6H3. The Hall–Kier alpha value is -2.18. The minimum atomic E-state index is 0.0132. The zero-order valence-electron chi connectivity index (χ0n) is 22.1.